The van der Waals surface area contributed by atoms with Crippen molar-refractivity contribution in [3.05, 3.63) is 0 Å². The van der Waals surface area contributed by atoms with Crippen molar-refractivity contribution in [1.29, 1.82) is 0 Å². The molecular weight excluding hydrogens is 266 g/mol. The molecule has 4 aliphatic rings. The van der Waals surface area contributed by atoms with E-state index >= 15 is 0 Å². The summed E-state index contributed by atoms with van der Waals surface area (Å²) in [6, 6.07) is 0.787. The lowest BCUT2D eigenvalue weighted by Gasteiger charge is -2.61. The molecule has 0 bridgehead atoms. The summed E-state index contributed by atoms with van der Waals surface area (Å²) in [6.07, 6.45) is 13.6. The third-order valence-corrected chi connectivity index (χ3v) is 9.28. The number of rotatable bonds is 1. The Hall–Kier alpha value is -0.0400. The van der Waals surface area contributed by atoms with Crippen molar-refractivity contribution in [2.45, 2.75) is 84.6 Å². The minimum atomic E-state index is 0.598. The number of nitrogens with one attached hydrogen (secondary N) is 1. The summed E-state index contributed by atoms with van der Waals surface area (Å²) in [5.74, 6) is 5.15. The van der Waals surface area contributed by atoms with Crippen molar-refractivity contribution in [2.75, 3.05) is 7.05 Å². The molecule has 8 unspecified atom stereocenters. The first-order chi connectivity index (χ1) is 10.5. The smallest absolute Gasteiger partial charge is 0.0121 e. The SMILES string of the molecule is CNC1CCC2C3CCC4CC(C)CCC4(C)C3CCC12C. The van der Waals surface area contributed by atoms with E-state index in [1.165, 1.54) is 44.9 Å². The Labute approximate surface area is 138 Å². The van der Waals surface area contributed by atoms with Gasteiger partial charge in [0.2, 0.25) is 0 Å². The molecule has 0 saturated heterocycles. The molecule has 0 radical (unpaired) electrons. The van der Waals surface area contributed by atoms with Crippen molar-refractivity contribution in [3.8, 4) is 0 Å². The molecule has 4 rings (SSSR count). The first kappa shape index (κ1) is 15.5. The molecular formula is C21H37N. The number of hydrogen-bond acceptors (Lipinski definition) is 1. The van der Waals surface area contributed by atoms with Crippen LogP contribution in [0.4, 0.5) is 0 Å². The molecule has 126 valence electrons. The van der Waals surface area contributed by atoms with Gasteiger partial charge in [0, 0.05) is 6.04 Å². The van der Waals surface area contributed by atoms with Gasteiger partial charge in [-0.25, -0.2) is 0 Å². The Morgan fingerprint density at radius 3 is 2.32 bits per heavy atom. The quantitative estimate of drug-likeness (QED) is 0.697. The summed E-state index contributed by atoms with van der Waals surface area (Å²) in [7, 11) is 2.20. The van der Waals surface area contributed by atoms with Crippen LogP contribution in [0.15, 0.2) is 0 Å². The third kappa shape index (κ3) is 2.00. The highest BCUT2D eigenvalue weighted by Gasteiger charge is 2.59. The van der Waals surface area contributed by atoms with Gasteiger partial charge in [-0.15, -0.1) is 0 Å². The van der Waals surface area contributed by atoms with Gasteiger partial charge in [-0.2, -0.15) is 0 Å². The molecule has 4 fully saturated rings. The van der Waals surface area contributed by atoms with Crippen LogP contribution in [0.1, 0.15) is 78.6 Å². The lowest BCUT2D eigenvalue weighted by molar-refractivity contribution is -0.113. The monoisotopic (exact) mass is 303 g/mol. The maximum Gasteiger partial charge on any atom is 0.0121 e. The van der Waals surface area contributed by atoms with Crippen LogP contribution in [0.2, 0.25) is 0 Å². The normalized spacial score (nSPS) is 57.8. The second-order valence-electron chi connectivity index (χ2n) is 10.00. The Morgan fingerprint density at radius 1 is 0.818 bits per heavy atom. The molecule has 1 N–H and O–H groups in total. The highest BCUT2D eigenvalue weighted by Crippen LogP contribution is 2.66. The Morgan fingerprint density at radius 2 is 1.55 bits per heavy atom. The lowest BCUT2D eigenvalue weighted by atomic mass is 9.44. The van der Waals surface area contributed by atoms with E-state index in [2.05, 4.69) is 33.1 Å². The fourth-order valence-electron chi connectivity index (χ4n) is 7.95. The van der Waals surface area contributed by atoms with Crippen molar-refractivity contribution in [1.82, 2.24) is 5.32 Å². The maximum absolute atomic E-state index is 3.67. The largest absolute Gasteiger partial charge is 0.316 e. The third-order valence-electron chi connectivity index (χ3n) is 9.28. The van der Waals surface area contributed by atoms with Crippen LogP contribution in [-0.4, -0.2) is 13.1 Å². The second kappa shape index (κ2) is 5.23. The van der Waals surface area contributed by atoms with E-state index in [0.717, 1.165) is 35.6 Å². The highest BCUT2D eigenvalue weighted by molar-refractivity contribution is 5.10. The van der Waals surface area contributed by atoms with Gasteiger partial charge in [-0.05, 0) is 98.8 Å². The van der Waals surface area contributed by atoms with Gasteiger partial charge in [-0.1, -0.05) is 27.2 Å². The fourth-order valence-corrected chi connectivity index (χ4v) is 7.95. The maximum atomic E-state index is 3.67. The van der Waals surface area contributed by atoms with Crippen molar-refractivity contribution >= 4 is 0 Å². The molecule has 1 nitrogen and oxygen atoms in total. The van der Waals surface area contributed by atoms with Gasteiger partial charge < -0.3 is 5.32 Å². The molecule has 0 amide bonds. The molecule has 1 heteroatoms. The average Bonchev–Trinajstić information content (AvgIpc) is 2.84. The summed E-state index contributed by atoms with van der Waals surface area (Å²) >= 11 is 0. The van der Waals surface area contributed by atoms with E-state index < -0.39 is 0 Å². The van der Waals surface area contributed by atoms with Crippen LogP contribution in [0, 0.1) is 40.4 Å². The lowest BCUT2D eigenvalue weighted by Crippen LogP contribution is -2.55. The topological polar surface area (TPSA) is 12.0 Å². The first-order valence-corrected chi connectivity index (χ1v) is 10.2. The van der Waals surface area contributed by atoms with Crippen LogP contribution >= 0.6 is 0 Å². The predicted octanol–water partition coefficient (Wildman–Crippen LogP) is 5.25. The molecule has 0 aliphatic heterocycles. The molecule has 22 heavy (non-hydrogen) atoms. The van der Waals surface area contributed by atoms with E-state index in [1.54, 1.807) is 12.8 Å². The summed E-state index contributed by atoms with van der Waals surface area (Å²) < 4.78 is 0. The van der Waals surface area contributed by atoms with Crippen LogP contribution in [0.5, 0.6) is 0 Å². The molecule has 4 saturated carbocycles. The van der Waals surface area contributed by atoms with Gasteiger partial charge in [0.15, 0.2) is 0 Å². The van der Waals surface area contributed by atoms with Crippen LogP contribution < -0.4 is 5.32 Å². The zero-order valence-corrected chi connectivity index (χ0v) is 15.3. The second-order valence-corrected chi connectivity index (χ2v) is 10.00. The molecule has 0 aromatic heterocycles. The molecule has 8 atom stereocenters. The Kier molecular flexibility index (Phi) is 3.68. The molecule has 0 spiro atoms. The van der Waals surface area contributed by atoms with Crippen LogP contribution in [0.3, 0.4) is 0 Å². The zero-order valence-electron chi connectivity index (χ0n) is 15.3. The summed E-state index contributed by atoms with van der Waals surface area (Å²) in [5.41, 5.74) is 1.29. The molecule has 0 heterocycles. The van der Waals surface area contributed by atoms with E-state index in [-0.39, 0.29) is 0 Å². The minimum absolute atomic E-state index is 0.598. The standard InChI is InChI=1S/C21H37N/c1-14-9-11-20(2)15(13-14)5-6-16-17-7-8-19(22-4)21(17,3)12-10-18(16)20/h14-19,22H,5-13H2,1-4H3. The molecule has 0 aromatic rings. The van der Waals surface area contributed by atoms with Gasteiger partial charge in [0.25, 0.3) is 0 Å². The highest BCUT2D eigenvalue weighted by atomic mass is 14.9. The Bertz CT molecular complexity index is 432. The van der Waals surface area contributed by atoms with Crippen molar-refractivity contribution < 1.29 is 0 Å². The molecule has 4 aliphatic carbocycles. The summed E-state index contributed by atoms with van der Waals surface area (Å²) in [5, 5.41) is 3.67. The van der Waals surface area contributed by atoms with E-state index in [4.69, 9.17) is 0 Å². The Balaban J connectivity index is 1.61. The van der Waals surface area contributed by atoms with E-state index in [0.29, 0.717) is 10.8 Å². The number of fused-ring (bicyclic) bond motifs is 5. The predicted molar refractivity (Wildman–Crippen MR) is 93.7 cm³/mol. The van der Waals surface area contributed by atoms with Crippen LogP contribution in [-0.2, 0) is 0 Å². The van der Waals surface area contributed by atoms with E-state index in [1.807, 2.05) is 0 Å². The van der Waals surface area contributed by atoms with Gasteiger partial charge >= 0.3 is 0 Å². The fraction of sp³-hybridized carbons (Fsp3) is 1.00. The van der Waals surface area contributed by atoms with Crippen molar-refractivity contribution in [2.24, 2.45) is 40.4 Å². The summed E-state index contributed by atoms with van der Waals surface area (Å²) in [4.78, 5) is 0. The minimum Gasteiger partial charge on any atom is -0.316 e. The average molecular weight is 304 g/mol. The number of hydrogen-bond donors (Lipinski definition) is 1. The first-order valence-electron chi connectivity index (χ1n) is 10.2. The van der Waals surface area contributed by atoms with Gasteiger partial charge in [0.1, 0.15) is 0 Å². The summed E-state index contributed by atoms with van der Waals surface area (Å²) in [6.45, 7) is 7.82. The van der Waals surface area contributed by atoms with Gasteiger partial charge in [0.05, 0.1) is 0 Å². The zero-order chi connectivity index (χ0) is 15.5. The molecule has 0 aromatic carbocycles. The van der Waals surface area contributed by atoms with Crippen molar-refractivity contribution in [3.63, 3.8) is 0 Å². The van der Waals surface area contributed by atoms with E-state index in [9.17, 15) is 0 Å². The van der Waals surface area contributed by atoms with Crippen LogP contribution in [0.25, 0.3) is 0 Å². The van der Waals surface area contributed by atoms with Gasteiger partial charge in [-0.3, -0.25) is 0 Å².